The average molecular weight is 391 g/mol. The number of anilines is 1. The van der Waals surface area contributed by atoms with Crippen LogP contribution in [-0.2, 0) is 9.59 Å². The highest BCUT2D eigenvalue weighted by molar-refractivity contribution is 6.31. The quantitative estimate of drug-likeness (QED) is 0.706. The van der Waals surface area contributed by atoms with E-state index in [1.165, 1.54) is 12.1 Å². The van der Waals surface area contributed by atoms with Gasteiger partial charge in [0.1, 0.15) is 5.82 Å². The van der Waals surface area contributed by atoms with E-state index in [1.807, 2.05) is 19.9 Å². The lowest BCUT2D eigenvalue weighted by Gasteiger charge is -2.08. The van der Waals surface area contributed by atoms with Crippen molar-refractivity contribution in [1.29, 1.82) is 0 Å². The van der Waals surface area contributed by atoms with Crippen molar-refractivity contribution >= 4 is 34.9 Å². The largest absolute Gasteiger partial charge is 0.347 e. The SMILES string of the molecule is Cc1ccc(C(=O)CCC(=O)NCC(=O)Nc2ccc(F)c(Cl)c2)cc1C. The number of rotatable bonds is 7. The van der Waals surface area contributed by atoms with Crippen molar-refractivity contribution in [3.8, 4) is 0 Å². The van der Waals surface area contributed by atoms with Gasteiger partial charge < -0.3 is 10.6 Å². The minimum absolute atomic E-state index is 0.0125. The molecule has 2 aromatic rings. The van der Waals surface area contributed by atoms with E-state index < -0.39 is 17.6 Å². The summed E-state index contributed by atoms with van der Waals surface area (Å²) in [5.74, 6) is -1.60. The van der Waals surface area contributed by atoms with Gasteiger partial charge in [-0.15, -0.1) is 0 Å². The molecule has 0 saturated carbocycles. The standard InChI is InChI=1S/C20H20ClFN2O3/c1-12-3-4-14(9-13(12)2)18(25)7-8-19(26)23-11-20(27)24-15-5-6-17(22)16(21)10-15/h3-6,9-10H,7-8,11H2,1-2H3,(H,23,26)(H,24,27). The molecule has 0 spiro atoms. The van der Waals surface area contributed by atoms with Crippen LogP contribution in [0.25, 0.3) is 0 Å². The van der Waals surface area contributed by atoms with Gasteiger partial charge in [0.05, 0.1) is 11.6 Å². The molecule has 0 bridgehead atoms. The van der Waals surface area contributed by atoms with Gasteiger partial charge in [0, 0.05) is 24.1 Å². The molecule has 5 nitrogen and oxygen atoms in total. The Hall–Kier alpha value is -2.73. The Kier molecular flexibility index (Phi) is 7.07. The van der Waals surface area contributed by atoms with E-state index in [4.69, 9.17) is 11.6 Å². The molecule has 0 aromatic heterocycles. The van der Waals surface area contributed by atoms with Gasteiger partial charge >= 0.3 is 0 Å². The first-order valence-electron chi connectivity index (χ1n) is 8.38. The number of nitrogens with one attached hydrogen (secondary N) is 2. The molecule has 142 valence electrons. The molecule has 0 aliphatic heterocycles. The molecule has 7 heteroatoms. The van der Waals surface area contributed by atoms with Crippen LogP contribution < -0.4 is 10.6 Å². The summed E-state index contributed by atoms with van der Waals surface area (Å²) in [6.07, 6.45) is 0.0466. The van der Waals surface area contributed by atoms with Crippen LogP contribution >= 0.6 is 11.6 Å². The van der Waals surface area contributed by atoms with Gasteiger partial charge in [-0.25, -0.2) is 4.39 Å². The number of amides is 2. The number of hydrogen-bond donors (Lipinski definition) is 2. The molecule has 2 amide bonds. The third kappa shape index (κ3) is 6.18. The summed E-state index contributed by atoms with van der Waals surface area (Å²) in [4.78, 5) is 35.8. The highest BCUT2D eigenvalue weighted by atomic mass is 35.5. The monoisotopic (exact) mass is 390 g/mol. The third-order valence-electron chi connectivity index (χ3n) is 4.06. The maximum atomic E-state index is 13.1. The van der Waals surface area contributed by atoms with Crippen LogP contribution in [0.4, 0.5) is 10.1 Å². The molecular formula is C20H20ClFN2O3. The Morgan fingerprint density at radius 2 is 1.70 bits per heavy atom. The van der Waals surface area contributed by atoms with Crippen molar-refractivity contribution in [2.24, 2.45) is 0 Å². The van der Waals surface area contributed by atoms with Crippen molar-refractivity contribution in [1.82, 2.24) is 5.32 Å². The highest BCUT2D eigenvalue weighted by Crippen LogP contribution is 2.19. The summed E-state index contributed by atoms with van der Waals surface area (Å²) in [5, 5.41) is 4.83. The number of aryl methyl sites for hydroxylation is 2. The molecule has 0 radical (unpaired) electrons. The number of benzene rings is 2. The number of carbonyl (C=O) groups excluding carboxylic acids is 3. The maximum absolute atomic E-state index is 13.1. The molecule has 27 heavy (non-hydrogen) atoms. The first kappa shape index (κ1) is 20.6. The van der Waals surface area contributed by atoms with Crippen LogP contribution in [0.1, 0.15) is 34.3 Å². The van der Waals surface area contributed by atoms with Gasteiger partial charge in [-0.2, -0.15) is 0 Å². The van der Waals surface area contributed by atoms with E-state index in [2.05, 4.69) is 10.6 Å². The van der Waals surface area contributed by atoms with Crippen molar-refractivity contribution in [3.05, 3.63) is 63.9 Å². The molecule has 0 aliphatic rings. The molecule has 2 rings (SSSR count). The van der Waals surface area contributed by atoms with Crippen molar-refractivity contribution in [2.45, 2.75) is 26.7 Å². The van der Waals surface area contributed by atoms with Crippen LogP contribution in [0.2, 0.25) is 5.02 Å². The van der Waals surface area contributed by atoms with Crippen LogP contribution in [0.3, 0.4) is 0 Å². The molecule has 2 aromatic carbocycles. The minimum Gasteiger partial charge on any atom is -0.347 e. The first-order valence-corrected chi connectivity index (χ1v) is 8.76. The van der Waals surface area contributed by atoms with E-state index in [0.29, 0.717) is 11.3 Å². The molecule has 0 heterocycles. The van der Waals surface area contributed by atoms with E-state index >= 15 is 0 Å². The summed E-state index contributed by atoms with van der Waals surface area (Å²) in [5.41, 5.74) is 3.00. The fourth-order valence-electron chi connectivity index (χ4n) is 2.33. The minimum atomic E-state index is -0.587. The van der Waals surface area contributed by atoms with Crippen molar-refractivity contribution < 1.29 is 18.8 Å². The van der Waals surface area contributed by atoms with E-state index in [0.717, 1.165) is 17.2 Å². The number of carbonyl (C=O) groups is 3. The second-order valence-electron chi connectivity index (χ2n) is 6.18. The normalized spacial score (nSPS) is 10.4. The lowest BCUT2D eigenvalue weighted by molar-refractivity contribution is -0.124. The Balaban J connectivity index is 1.76. The zero-order chi connectivity index (χ0) is 20.0. The maximum Gasteiger partial charge on any atom is 0.243 e. The summed E-state index contributed by atoms with van der Waals surface area (Å²) in [6, 6.07) is 9.19. The number of halogens is 2. The summed E-state index contributed by atoms with van der Waals surface area (Å²) < 4.78 is 13.1. The molecule has 0 aliphatic carbocycles. The number of Topliss-reactive ketones (excluding diaryl/α,β-unsaturated/α-hetero) is 1. The van der Waals surface area contributed by atoms with Crippen LogP contribution in [0.5, 0.6) is 0 Å². The summed E-state index contributed by atoms with van der Waals surface area (Å²) in [7, 11) is 0. The predicted molar refractivity (Wildman–Crippen MR) is 103 cm³/mol. The average Bonchev–Trinajstić information content (AvgIpc) is 2.63. The zero-order valence-electron chi connectivity index (χ0n) is 15.1. The van der Waals surface area contributed by atoms with E-state index in [-0.39, 0.29) is 30.2 Å². The Labute approximate surface area is 161 Å². The Bertz CT molecular complexity index is 884. The summed E-state index contributed by atoms with van der Waals surface area (Å²) >= 11 is 5.64. The first-order chi connectivity index (χ1) is 12.8. The fourth-order valence-corrected chi connectivity index (χ4v) is 2.51. The number of ketones is 1. The fraction of sp³-hybridized carbons (Fsp3) is 0.250. The van der Waals surface area contributed by atoms with Crippen molar-refractivity contribution in [3.63, 3.8) is 0 Å². The number of hydrogen-bond acceptors (Lipinski definition) is 3. The second kappa shape index (κ2) is 9.28. The predicted octanol–water partition coefficient (Wildman–Crippen LogP) is 3.81. The molecule has 2 N–H and O–H groups in total. The molecule has 0 saturated heterocycles. The highest BCUT2D eigenvalue weighted by Gasteiger charge is 2.11. The van der Waals surface area contributed by atoms with Gasteiger partial charge in [-0.3, -0.25) is 14.4 Å². The Morgan fingerprint density at radius 1 is 0.963 bits per heavy atom. The third-order valence-corrected chi connectivity index (χ3v) is 4.35. The van der Waals surface area contributed by atoms with Gasteiger partial charge in [0.2, 0.25) is 11.8 Å². The van der Waals surface area contributed by atoms with Gasteiger partial charge in [0.25, 0.3) is 0 Å². The van der Waals surface area contributed by atoms with E-state index in [9.17, 15) is 18.8 Å². The summed E-state index contributed by atoms with van der Waals surface area (Å²) in [6.45, 7) is 3.62. The lowest BCUT2D eigenvalue weighted by atomic mass is 10.0. The molecule has 0 atom stereocenters. The van der Waals surface area contributed by atoms with Crippen LogP contribution in [0.15, 0.2) is 36.4 Å². The zero-order valence-corrected chi connectivity index (χ0v) is 15.8. The topological polar surface area (TPSA) is 75.3 Å². The Morgan fingerprint density at radius 3 is 2.37 bits per heavy atom. The van der Waals surface area contributed by atoms with Gasteiger partial charge in [0.15, 0.2) is 5.78 Å². The molecule has 0 fully saturated rings. The van der Waals surface area contributed by atoms with Crippen molar-refractivity contribution in [2.75, 3.05) is 11.9 Å². The smallest absolute Gasteiger partial charge is 0.243 e. The van der Waals surface area contributed by atoms with E-state index in [1.54, 1.807) is 12.1 Å². The lowest BCUT2D eigenvalue weighted by Crippen LogP contribution is -2.33. The van der Waals surface area contributed by atoms with Gasteiger partial charge in [-0.05, 0) is 49.2 Å². The van der Waals surface area contributed by atoms with Crippen LogP contribution in [-0.4, -0.2) is 24.1 Å². The molecular weight excluding hydrogens is 371 g/mol. The molecule has 0 unspecified atom stereocenters. The van der Waals surface area contributed by atoms with Gasteiger partial charge in [-0.1, -0.05) is 23.7 Å². The second-order valence-corrected chi connectivity index (χ2v) is 6.58. The van der Waals surface area contributed by atoms with Crippen LogP contribution in [0, 0.1) is 19.7 Å².